The van der Waals surface area contributed by atoms with Gasteiger partial charge in [-0.05, 0) is 80.6 Å². The molecule has 1 saturated carbocycles. The summed E-state index contributed by atoms with van der Waals surface area (Å²) in [4.78, 5) is 10.7. The number of hydrogen-bond donors (Lipinski definition) is 2. The summed E-state index contributed by atoms with van der Waals surface area (Å²) in [6, 6.07) is 8.70. The molecule has 1 aliphatic carbocycles. The molecule has 0 unspecified atom stereocenters. The summed E-state index contributed by atoms with van der Waals surface area (Å²) in [7, 11) is 0. The van der Waals surface area contributed by atoms with Crippen LogP contribution in [0.5, 0.6) is 5.75 Å². The molecule has 0 spiro atoms. The van der Waals surface area contributed by atoms with Gasteiger partial charge in [0.25, 0.3) is 0 Å². The van der Waals surface area contributed by atoms with Crippen molar-refractivity contribution in [3.63, 3.8) is 0 Å². The normalized spacial score (nSPS) is 23.8. The average Bonchev–Trinajstić information content (AvgIpc) is 2.66. The van der Waals surface area contributed by atoms with Crippen molar-refractivity contribution in [2.75, 3.05) is 19.7 Å². The lowest BCUT2D eigenvalue weighted by atomic mass is 9.80. The summed E-state index contributed by atoms with van der Waals surface area (Å²) < 4.78 is 6.01. The molecule has 4 nitrogen and oxygen atoms in total. The maximum Gasteiger partial charge on any atom is 0.303 e. The van der Waals surface area contributed by atoms with E-state index in [1.54, 1.807) is 0 Å². The predicted octanol–water partition coefficient (Wildman–Crippen LogP) is 4.63. The van der Waals surface area contributed by atoms with E-state index in [2.05, 4.69) is 29.6 Å². The van der Waals surface area contributed by atoms with Gasteiger partial charge in [-0.3, -0.25) is 4.79 Å². The molecule has 2 N–H and O–H groups in total. The average molecular weight is 382 g/mol. The summed E-state index contributed by atoms with van der Waals surface area (Å²) >= 11 is 0. The molecule has 5 heteroatoms. The number of piperidine rings is 1. The number of benzene rings is 1. The molecule has 0 radical (unpaired) electrons. The maximum atomic E-state index is 10.7. The highest BCUT2D eigenvalue weighted by atomic mass is 35.5. The van der Waals surface area contributed by atoms with Crippen LogP contribution in [-0.2, 0) is 4.79 Å². The van der Waals surface area contributed by atoms with Gasteiger partial charge in [0.15, 0.2) is 0 Å². The van der Waals surface area contributed by atoms with Crippen LogP contribution in [0.15, 0.2) is 24.3 Å². The highest BCUT2D eigenvalue weighted by molar-refractivity contribution is 5.85. The van der Waals surface area contributed by atoms with Gasteiger partial charge in [-0.15, -0.1) is 12.4 Å². The fourth-order valence-electron chi connectivity index (χ4n) is 4.22. The standard InChI is InChI=1S/C21H31NO3.ClH/c23-21(24)10-5-16-1-3-17(4-2-16)15-25-20-8-6-18(7-9-20)19-11-13-22-14-12-19;/h6-9,16-17,19,22H,1-5,10-15H2,(H,23,24);1H/t16-,17-;. The van der Waals surface area contributed by atoms with Crippen LogP contribution in [0, 0.1) is 11.8 Å². The third kappa shape index (κ3) is 6.48. The first-order valence-corrected chi connectivity index (χ1v) is 9.86. The van der Waals surface area contributed by atoms with Crippen LogP contribution in [0.25, 0.3) is 0 Å². The van der Waals surface area contributed by atoms with Gasteiger partial charge in [-0.2, -0.15) is 0 Å². The van der Waals surface area contributed by atoms with Gasteiger partial charge in [-0.1, -0.05) is 25.0 Å². The number of aliphatic carboxylic acids is 1. The summed E-state index contributed by atoms with van der Waals surface area (Å²) in [5, 5.41) is 12.2. The minimum atomic E-state index is -0.668. The topological polar surface area (TPSA) is 58.6 Å². The molecule has 2 aliphatic rings. The van der Waals surface area contributed by atoms with Crippen molar-refractivity contribution in [3.05, 3.63) is 29.8 Å². The molecule has 1 heterocycles. The number of ether oxygens (including phenoxy) is 1. The minimum absolute atomic E-state index is 0. The molecule has 0 aromatic heterocycles. The Morgan fingerprint density at radius 1 is 1.00 bits per heavy atom. The van der Waals surface area contributed by atoms with E-state index < -0.39 is 5.97 Å². The van der Waals surface area contributed by atoms with Crippen molar-refractivity contribution in [1.29, 1.82) is 0 Å². The Labute approximate surface area is 163 Å². The SMILES string of the molecule is Cl.O=C(O)CC[C@H]1CC[C@H](COc2ccc(C3CCNCC3)cc2)CC1. The molecule has 3 rings (SSSR count). The second-order valence-corrected chi connectivity index (χ2v) is 7.72. The zero-order valence-electron chi connectivity index (χ0n) is 15.5. The van der Waals surface area contributed by atoms with E-state index >= 15 is 0 Å². The molecule has 0 atom stereocenters. The van der Waals surface area contributed by atoms with Crippen LogP contribution in [0.4, 0.5) is 0 Å². The lowest BCUT2D eigenvalue weighted by molar-refractivity contribution is -0.137. The highest BCUT2D eigenvalue weighted by Crippen LogP contribution is 2.32. The van der Waals surface area contributed by atoms with Crippen LogP contribution in [0.3, 0.4) is 0 Å². The molecule has 2 fully saturated rings. The maximum absolute atomic E-state index is 10.7. The van der Waals surface area contributed by atoms with Gasteiger partial charge in [0.2, 0.25) is 0 Å². The first-order valence-electron chi connectivity index (χ1n) is 9.86. The Morgan fingerprint density at radius 2 is 1.62 bits per heavy atom. The van der Waals surface area contributed by atoms with Crippen LogP contribution in [0.2, 0.25) is 0 Å². The lowest BCUT2D eigenvalue weighted by Crippen LogP contribution is -2.26. The zero-order valence-corrected chi connectivity index (χ0v) is 16.3. The van der Waals surface area contributed by atoms with Crippen molar-refractivity contribution < 1.29 is 14.6 Å². The van der Waals surface area contributed by atoms with Crippen molar-refractivity contribution in [3.8, 4) is 5.75 Å². The molecular formula is C21H32ClNO3. The molecule has 26 heavy (non-hydrogen) atoms. The Hall–Kier alpha value is -1.26. The molecule has 0 amide bonds. The zero-order chi connectivity index (χ0) is 17.5. The first kappa shape index (κ1) is 21.0. The molecule has 146 valence electrons. The summed E-state index contributed by atoms with van der Waals surface area (Å²) in [6.07, 6.45) is 8.23. The third-order valence-corrected chi connectivity index (χ3v) is 5.91. The highest BCUT2D eigenvalue weighted by Gasteiger charge is 2.22. The molecular weight excluding hydrogens is 350 g/mol. The van der Waals surface area contributed by atoms with Gasteiger partial charge < -0.3 is 15.2 Å². The van der Waals surface area contributed by atoms with Gasteiger partial charge >= 0.3 is 5.97 Å². The number of hydrogen-bond acceptors (Lipinski definition) is 3. The van der Waals surface area contributed by atoms with E-state index in [0.717, 1.165) is 57.6 Å². The second-order valence-electron chi connectivity index (χ2n) is 7.72. The predicted molar refractivity (Wildman–Crippen MR) is 106 cm³/mol. The first-order chi connectivity index (χ1) is 12.2. The number of carbonyl (C=O) groups is 1. The molecule has 0 bridgehead atoms. The van der Waals surface area contributed by atoms with Gasteiger partial charge in [0, 0.05) is 6.42 Å². The van der Waals surface area contributed by atoms with Crippen molar-refractivity contribution in [2.24, 2.45) is 11.8 Å². The monoisotopic (exact) mass is 381 g/mol. The Morgan fingerprint density at radius 3 is 2.23 bits per heavy atom. The molecule has 1 aromatic rings. The van der Waals surface area contributed by atoms with Gasteiger partial charge in [0.1, 0.15) is 5.75 Å². The van der Waals surface area contributed by atoms with E-state index in [1.807, 2.05) is 0 Å². The fraction of sp³-hybridized carbons (Fsp3) is 0.667. The largest absolute Gasteiger partial charge is 0.493 e. The molecule has 1 aromatic carbocycles. The Balaban J connectivity index is 0.00000243. The van der Waals surface area contributed by atoms with Crippen LogP contribution < -0.4 is 10.1 Å². The molecule has 1 saturated heterocycles. The number of carboxylic acid groups (broad SMARTS) is 1. The van der Waals surface area contributed by atoms with E-state index in [9.17, 15) is 4.79 Å². The van der Waals surface area contributed by atoms with E-state index in [-0.39, 0.29) is 12.4 Å². The van der Waals surface area contributed by atoms with Crippen molar-refractivity contribution >= 4 is 18.4 Å². The smallest absolute Gasteiger partial charge is 0.303 e. The minimum Gasteiger partial charge on any atom is -0.493 e. The van der Waals surface area contributed by atoms with Crippen LogP contribution in [-0.4, -0.2) is 30.8 Å². The molecule has 1 aliphatic heterocycles. The van der Waals surface area contributed by atoms with Crippen LogP contribution >= 0.6 is 12.4 Å². The summed E-state index contributed by atoms with van der Waals surface area (Å²) in [6.45, 7) is 3.04. The number of nitrogens with one attached hydrogen (secondary N) is 1. The Bertz CT molecular complexity index is 535. The fourth-order valence-corrected chi connectivity index (χ4v) is 4.22. The van der Waals surface area contributed by atoms with E-state index in [4.69, 9.17) is 9.84 Å². The number of carboxylic acids is 1. The second kappa shape index (κ2) is 10.8. The quantitative estimate of drug-likeness (QED) is 0.723. The number of halogens is 1. The third-order valence-electron chi connectivity index (χ3n) is 5.91. The number of rotatable bonds is 7. The Kier molecular flexibility index (Phi) is 8.73. The van der Waals surface area contributed by atoms with Crippen LogP contribution in [0.1, 0.15) is 62.8 Å². The van der Waals surface area contributed by atoms with Crippen molar-refractivity contribution in [1.82, 2.24) is 5.32 Å². The van der Waals surface area contributed by atoms with Gasteiger partial charge in [0.05, 0.1) is 6.61 Å². The summed E-state index contributed by atoms with van der Waals surface area (Å²) in [5.41, 5.74) is 1.44. The van der Waals surface area contributed by atoms with Gasteiger partial charge in [-0.25, -0.2) is 0 Å². The van der Waals surface area contributed by atoms with E-state index in [0.29, 0.717) is 24.2 Å². The van der Waals surface area contributed by atoms with Crippen molar-refractivity contribution in [2.45, 2.75) is 57.3 Å². The van der Waals surface area contributed by atoms with E-state index in [1.165, 1.54) is 18.4 Å². The summed E-state index contributed by atoms with van der Waals surface area (Å²) in [5.74, 6) is 2.21. The lowest BCUT2D eigenvalue weighted by Gasteiger charge is -2.28.